The van der Waals surface area contributed by atoms with Crippen LogP contribution in [-0.2, 0) is 13.1 Å². The first-order valence-electron chi connectivity index (χ1n) is 8.85. The third kappa shape index (κ3) is 3.74. The van der Waals surface area contributed by atoms with Gasteiger partial charge in [0.1, 0.15) is 5.58 Å². The summed E-state index contributed by atoms with van der Waals surface area (Å²) in [5, 5.41) is 3.90. The zero-order chi connectivity index (χ0) is 17.1. The minimum atomic E-state index is -0.179. The van der Waals surface area contributed by atoms with Gasteiger partial charge < -0.3 is 9.73 Å². The van der Waals surface area contributed by atoms with Gasteiger partial charge in [0, 0.05) is 18.5 Å². The van der Waals surface area contributed by atoms with Crippen LogP contribution in [0.15, 0.2) is 59.0 Å². The molecular weight excluding hydrogens is 312 g/mol. The highest BCUT2D eigenvalue weighted by Gasteiger charge is 2.13. The van der Waals surface area contributed by atoms with Gasteiger partial charge in [-0.3, -0.25) is 9.69 Å². The van der Waals surface area contributed by atoms with Crippen molar-refractivity contribution in [2.24, 2.45) is 0 Å². The van der Waals surface area contributed by atoms with E-state index in [1.54, 1.807) is 6.07 Å². The van der Waals surface area contributed by atoms with Crippen LogP contribution in [0.1, 0.15) is 34.5 Å². The number of carbonyl (C=O) groups excluding carboxylic acids is 1. The Bertz CT molecular complexity index is 845. The fourth-order valence-corrected chi connectivity index (χ4v) is 3.40. The van der Waals surface area contributed by atoms with Gasteiger partial charge in [0.25, 0.3) is 5.91 Å². The van der Waals surface area contributed by atoms with Gasteiger partial charge in [-0.25, -0.2) is 0 Å². The van der Waals surface area contributed by atoms with E-state index in [9.17, 15) is 4.79 Å². The highest BCUT2D eigenvalue weighted by molar-refractivity contribution is 5.96. The van der Waals surface area contributed by atoms with Crippen LogP contribution in [0.2, 0.25) is 0 Å². The van der Waals surface area contributed by atoms with Gasteiger partial charge >= 0.3 is 0 Å². The smallest absolute Gasteiger partial charge is 0.287 e. The van der Waals surface area contributed by atoms with Crippen LogP contribution in [0.25, 0.3) is 11.0 Å². The summed E-state index contributed by atoms with van der Waals surface area (Å²) in [6, 6.07) is 17.9. The number of hydrogen-bond donors (Lipinski definition) is 1. The van der Waals surface area contributed by atoms with Crippen LogP contribution in [0.5, 0.6) is 0 Å². The number of para-hydroxylation sites is 1. The standard InChI is InChI=1S/C21H22N2O2/c24-21(20-13-18-8-1-2-9-19(18)25-20)22-14-16-6-5-7-17(12-16)15-23-10-3-4-11-23/h1-2,5-9,12-13H,3-4,10-11,14-15H2,(H,22,24). The number of furan rings is 1. The number of amides is 1. The van der Waals surface area contributed by atoms with Crippen molar-refractivity contribution in [2.75, 3.05) is 13.1 Å². The van der Waals surface area contributed by atoms with Crippen molar-refractivity contribution >= 4 is 16.9 Å². The first-order chi connectivity index (χ1) is 12.3. The molecule has 0 aliphatic carbocycles. The summed E-state index contributed by atoms with van der Waals surface area (Å²) >= 11 is 0. The third-order valence-corrected chi connectivity index (χ3v) is 4.70. The van der Waals surface area contributed by atoms with E-state index >= 15 is 0 Å². The highest BCUT2D eigenvalue weighted by atomic mass is 16.3. The molecule has 25 heavy (non-hydrogen) atoms. The van der Waals surface area contributed by atoms with Crippen LogP contribution in [0.4, 0.5) is 0 Å². The molecule has 128 valence electrons. The predicted octanol–water partition coefficient (Wildman–Crippen LogP) is 3.96. The summed E-state index contributed by atoms with van der Waals surface area (Å²) in [7, 11) is 0. The molecule has 1 aliphatic rings. The van der Waals surface area contributed by atoms with Gasteiger partial charge in [-0.1, -0.05) is 42.5 Å². The van der Waals surface area contributed by atoms with Crippen molar-refractivity contribution in [1.29, 1.82) is 0 Å². The SMILES string of the molecule is O=C(NCc1cccc(CN2CCCC2)c1)c1cc2ccccc2o1. The highest BCUT2D eigenvalue weighted by Crippen LogP contribution is 2.19. The predicted molar refractivity (Wildman–Crippen MR) is 98.3 cm³/mol. The summed E-state index contributed by atoms with van der Waals surface area (Å²) in [4.78, 5) is 14.8. The van der Waals surface area contributed by atoms with Crippen molar-refractivity contribution in [1.82, 2.24) is 10.2 Å². The Labute approximate surface area is 147 Å². The Balaban J connectivity index is 1.39. The lowest BCUT2D eigenvalue weighted by Crippen LogP contribution is -2.22. The Morgan fingerprint density at radius 3 is 2.64 bits per heavy atom. The minimum absolute atomic E-state index is 0.179. The lowest BCUT2D eigenvalue weighted by Gasteiger charge is -2.15. The monoisotopic (exact) mass is 334 g/mol. The molecule has 2 aromatic carbocycles. The number of nitrogens with zero attached hydrogens (tertiary/aromatic N) is 1. The Kier molecular flexibility index (Phi) is 4.53. The second kappa shape index (κ2) is 7.11. The number of rotatable bonds is 5. The Morgan fingerprint density at radius 2 is 1.80 bits per heavy atom. The second-order valence-electron chi connectivity index (χ2n) is 6.63. The van der Waals surface area contributed by atoms with Crippen LogP contribution >= 0.6 is 0 Å². The van der Waals surface area contributed by atoms with Crippen molar-refractivity contribution in [3.8, 4) is 0 Å². The van der Waals surface area contributed by atoms with Crippen LogP contribution in [-0.4, -0.2) is 23.9 Å². The number of nitrogens with one attached hydrogen (secondary N) is 1. The van der Waals surface area contributed by atoms with E-state index in [0.717, 1.165) is 23.1 Å². The average molecular weight is 334 g/mol. The molecule has 0 spiro atoms. The molecule has 3 aromatic rings. The van der Waals surface area contributed by atoms with Crippen molar-refractivity contribution < 1.29 is 9.21 Å². The zero-order valence-corrected chi connectivity index (χ0v) is 14.2. The molecule has 0 atom stereocenters. The average Bonchev–Trinajstić information content (AvgIpc) is 3.29. The van der Waals surface area contributed by atoms with E-state index in [4.69, 9.17) is 4.42 Å². The topological polar surface area (TPSA) is 45.5 Å². The number of hydrogen-bond acceptors (Lipinski definition) is 3. The van der Waals surface area contributed by atoms with E-state index in [1.807, 2.05) is 30.3 Å². The van der Waals surface area contributed by atoms with Gasteiger partial charge in [0.15, 0.2) is 5.76 Å². The molecule has 4 heteroatoms. The molecule has 0 bridgehead atoms. The van der Waals surface area contributed by atoms with Gasteiger partial charge in [-0.15, -0.1) is 0 Å². The second-order valence-corrected chi connectivity index (χ2v) is 6.63. The molecule has 1 aliphatic heterocycles. The van der Waals surface area contributed by atoms with Gasteiger partial charge in [0.05, 0.1) is 0 Å². The molecule has 1 N–H and O–H groups in total. The molecule has 0 saturated carbocycles. The maximum Gasteiger partial charge on any atom is 0.287 e. The molecule has 2 heterocycles. The molecule has 4 nitrogen and oxygen atoms in total. The summed E-state index contributed by atoms with van der Waals surface area (Å²) < 4.78 is 5.61. The zero-order valence-electron chi connectivity index (χ0n) is 14.2. The first kappa shape index (κ1) is 15.9. The molecule has 1 amide bonds. The fourth-order valence-electron chi connectivity index (χ4n) is 3.40. The summed E-state index contributed by atoms with van der Waals surface area (Å²) in [5.41, 5.74) is 3.15. The number of likely N-dealkylation sites (tertiary alicyclic amines) is 1. The van der Waals surface area contributed by atoms with Crippen molar-refractivity contribution in [3.05, 3.63) is 71.5 Å². The lowest BCUT2D eigenvalue weighted by atomic mass is 10.1. The lowest BCUT2D eigenvalue weighted by molar-refractivity contribution is 0.0925. The number of carbonyl (C=O) groups is 1. The Hall–Kier alpha value is -2.59. The van der Waals surface area contributed by atoms with Gasteiger partial charge in [0.2, 0.25) is 0 Å². The third-order valence-electron chi connectivity index (χ3n) is 4.70. The summed E-state index contributed by atoms with van der Waals surface area (Å²) in [5.74, 6) is 0.176. The molecule has 1 saturated heterocycles. The normalized spacial score (nSPS) is 14.9. The van der Waals surface area contributed by atoms with Crippen LogP contribution < -0.4 is 5.32 Å². The fraction of sp³-hybridized carbons (Fsp3) is 0.286. The van der Waals surface area contributed by atoms with E-state index in [1.165, 1.54) is 31.5 Å². The molecule has 1 aromatic heterocycles. The maximum atomic E-state index is 12.3. The van der Waals surface area contributed by atoms with E-state index in [2.05, 4.69) is 28.4 Å². The Morgan fingerprint density at radius 1 is 1.00 bits per heavy atom. The van der Waals surface area contributed by atoms with Crippen molar-refractivity contribution in [3.63, 3.8) is 0 Å². The maximum absolute atomic E-state index is 12.3. The van der Waals surface area contributed by atoms with Crippen molar-refractivity contribution in [2.45, 2.75) is 25.9 Å². The molecular formula is C21H22N2O2. The quantitative estimate of drug-likeness (QED) is 0.768. The molecule has 0 unspecified atom stereocenters. The van der Waals surface area contributed by atoms with E-state index in [0.29, 0.717) is 12.3 Å². The van der Waals surface area contributed by atoms with E-state index < -0.39 is 0 Å². The molecule has 4 rings (SSSR count). The van der Waals surface area contributed by atoms with Gasteiger partial charge in [-0.2, -0.15) is 0 Å². The van der Waals surface area contributed by atoms with Crippen LogP contribution in [0, 0.1) is 0 Å². The van der Waals surface area contributed by atoms with Crippen LogP contribution in [0.3, 0.4) is 0 Å². The number of benzene rings is 2. The largest absolute Gasteiger partial charge is 0.451 e. The number of fused-ring (bicyclic) bond motifs is 1. The molecule has 0 radical (unpaired) electrons. The minimum Gasteiger partial charge on any atom is -0.451 e. The van der Waals surface area contributed by atoms with E-state index in [-0.39, 0.29) is 5.91 Å². The summed E-state index contributed by atoms with van der Waals surface area (Å²) in [6.45, 7) is 3.87. The molecule has 1 fully saturated rings. The summed E-state index contributed by atoms with van der Waals surface area (Å²) in [6.07, 6.45) is 2.60. The first-order valence-corrected chi connectivity index (χ1v) is 8.85. The van der Waals surface area contributed by atoms with Gasteiger partial charge in [-0.05, 0) is 49.2 Å².